The van der Waals surface area contributed by atoms with Gasteiger partial charge in [0.25, 0.3) is 0 Å². The van der Waals surface area contributed by atoms with E-state index in [0.717, 1.165) is 24.5 Å². The second-order valence-corrected chi connectivity index (χ2v) is 3.52. The maximum Gasteiger partial charge on any atom is 0.125 e. The zero-order valence-electron chi connectivity index (χ0n) is 9.08. The zero-order chi connectivity index (χ0) is 10.2. The SMILES string of the molecule is CCCCCNCc1cnc(C)nc1. The van der Waals surface area contributed by atoms with Gasteiger partial charge in [0.2, 0.25) is 0 Å². The number of nitrogens with one attached hydrogen (secondary N) is 1. The standard InChI is InChI=1S/C11H19N3/c1-3-4-5-6-12-7-11-8-13-10(2)14-9-11/h8-9,12H,3-7H2,1-2H3. The van der Waals surface area contributed by atoms with Crippen molar-refractivity contribution in [2.24, 2.45) is 0 Å². The Kier molecular flexibility index (Phi) is 5.15. The normalized spacial score (nSPS) is 10.4. The smallest absolute Gasteiger partial charge is 0.125 e. The summed E-state index contributed by atoms with van der Waals surface area (Å²) in [6.07, 6.45) is 7.60. The number of unbranched alkanes of at least 4 members (excludes halogenated alkanes) is 2. The summed E-state index contributed by atoms with van der Waals surface area (Å²) in [5, 5.41) is 3.38. The highest BCUT2D eigenvalue weighted by Crippen LogP contribution is 1.96. The Morgan fingerprint density at radius 2 is 1.93 bits per heavy atom. The summed E-state index contributed by atoms with van der Waals surface area (Å²) in [6.45, 7) is 6.08. The summed E-state index contributed by atoms with van der Waals surface area (Å²) in [6, 6.07) is 0. The molecule has 3 nitrogen and oxygen atoms in total. The topological polar surface area (TPSA) is 37.8 Å². The Bertz CT molecular complexity index is 243. The summed E-state index contributed by atoms with van der Waals surface area (Å²) in [5.41, 5.74) is 1.16. The van der Waals surface area contributed by atoms with Gasteiger partial charge >= 0.3 is 0 Å². The van der Waals surface area contributed by atoms with E-state index >= 15 is 0 Å². The van der Waals surface area contributed by atoms with E-state index < -0.39 is 0 Å². The van der Waals surface area contributed by atoms with E-state index in [4.69, 9.17) is 0 Å². The Balaban J connectivity index is 2.15. The van der Waals surface area contributed by atoms with E-state index in [1.54, 1.807) is 0 Å². The molecule has 0 amide bonds. The number of nitrogens with zero attached hydrogens (tertiary/aromatic N) is 2. The maximum absolute atomic E-state index is 4.14. The van der Waals surface area contributed by atoms with E-state index in [1.165, 1.54) is 19.3 Å². The molecular formula is C11H19N3. The van der Waals surface area contributed by atoms with Crippen molar-refractivity contribution in [2.75, 3.05) is 6.54 Å². The molecule has 0 atom stereocenters. The monoisotopic (exact) mass is 193 g/mol. The van der Waals surface area contributed by atoms with Gasteiger partial charge < -0.3 is 5.32 Å². The molecule has 1 N–H and O–H groups in total. The molecule has 0 aliphatic heterocycles. The van der Waals surface area contributed by atoms with E-state index in [-0.39, 0.29) is 0 Å². The Hall–Kier alpha value is -0.960. The zero-order valence-corrected chi connectivity index (χ0v) is 9.08. The highest BCUT2D eigenvalue weighted by Gasteiger charge is 1.93. The van der Waals surface area contributed by atoms with E-state index in [0.29, 0.717) is 0 Å². The average Bonchev–Trinajstić information content (AvgIpc) is 2.21. The summed E-state index contributed by atoms with van der Waals surface area (Å²) in [7, 11) is 0. The first-order valence-electron chi connectivity index (χ1n) is 5.31. The fourth-order valence-corrected chi connectivity index (χ4v) is 1.24. The Morgan fingerprint density at radius 3 is 2.57 bits per heavy atom. The van der Waals surface area contributed by atoms with Crippen molar-refractivity contribution in [1.29, 1.82) is 0 Å². The highest BCUT2D eigenvalue weighted by atomic mass is 14.9. The Labute approximate surface area is 86.0 Å². The van der Waals surface area contributed by atoms with Crippen LogP contribution in [0.4, 0.5) is 0 Å². The quantitative estimate of drug-likeness (QED) is 0.703. The molecule has 3 heteroatoms. The Morgan fingerprint density at radius 1 is 1.21 bits per heavy atom. The average molecular weight is 193 g/mol. The van der Waals surface area contributed by atoms with Crippen LogP contribution in [-0.2, 0) is 6.54 Å². The molecule has 0 aromatic carbocycles. The van der Waals surface area contributed by atoms with Gasteiger partial charge in [0.05, 0.1) is 0 Å². The van der Waals surface area contributed by atoms with E-state index in [9.17, 15) is 0 Å². The van der Waals surface area contributed by atoms with Crippen molar-refractivity contribution in [3.8, 4) is 0 Å². The van der Waals surface area contributed by atoms with Gasteiger partial charge in [-0.1, -0.05) is 19.8 Å². The molecular weight excluding hydrogens is 174 g/mol. The lowest BCUT2D eigenvalue weighted by Crippen LogP contribution is -2.15. The van der Waals surface area contributed by atoms with Crippen LogP contribution in [0.2, 0.25) is 0 Å². The van der Waals surface area contributed by atoms with Crippen molar-refractivity contribution in [2.45, 2.75) is 39.7 Å². The minimum atomic E-state index is 0.833. The lowest BCUT2D eigenvalue weighted by atomic mass is 10.2. The van der Waals surface area contributed by atoms with Gasteiger partial charge in [-0.25, -0.2) is 9.97 Å². The van der Waals surface area contributed by atoms with Gasteiger partial charge in [-0.15, -0.1) is 0 Å². The first-order chi connectivity index (χ1) is 6.83. The van der Waals surface area contributed by atoms with E-state index in [1.807, 2.05) is 19.3 Å². The van der Waals surface area contributed by atoms with Gasteiger partial charge in [-0.3, -0.25) is 0 Å². The van der Waals surface area contributed by atoms with Crippen molar-refractivity contribution >= 4 is 0 Å². The largest absolute Gasteiger partial charge is 0.313 e. The van der Waals surface area contributed by atoms with Crippen molar-refractivity contribution in [1.82, 2.24) is 15.3 Å². The fraction of sp³-hybridized carbons (Fsp3) is 0.636. The van der Waals surface area contributed by atoms with Crippen LogP contribution in [0.25, 0.3) is 0 Å². The molecule has 0 saturated carbocycles. The van der Waals surface area contributed by atoms with Crippen LogP contribution in [0, 0.1) is 6.92 Å². The molecule has 1 aromatic heterocycles. The molecule has 0 aliphatic rings. The molecule has 78 valence electrons. The predicted molar refractivity (Wildman–Crippen MR) is 58.0 cm³/mol. The molecule has 14 heavy (non-hydrogen) atoms. The summed E-state index contributed by atoms with van der Waals surface area (Å²) < 4.78 is 0. The number of hydrogen-bond donors (Lipinski definition) is 1. The lowest BCUT2D eigenvalue weighted by Gasteiger charge is -2.03. The third-order valence-corrected chi connectivity index (χ3v) is 2.12. The first-order valence-corrected chi connectivity index (χ1v) is 5.31. The van der Waals surface area contributed by atoms with Crippen molar-refractivity contribution < 1.29 is 0 Å². The third-order valence-electron chi connectivity index (χ3n) is 2.12. The number of hydrogen-bond acceptors (Lipinski definition) is 3. The molecule has 0 unspecified atom stereocenters. The van der Waals surface area contributed by atoms with Gasteiger partial charge in [-0.05, 0) is 19.9 Å². The van der Waals surface area contributed by atoms with E-state index in [2.05, 4.69) is 22.2 Å². The third kappa shape index (κ3) is 4.33. The molecule has 0 fully saturated rings. The van der Waals surface area contributed by atoms with Crippen LogP contribution in [0.3, 0.4) is 0 Å². The van der Waals surface area contributed by atoms with Gasteiger partial charge in [0.15, 0.2) is 0 Å². The molecule has 0 bridgehead atoms. The van der Waals surface area contributed by atoms with Crippen LogP contribution in [0.5, 0.6) is 0 Å². The fourth-order valence-electron chi connectivity index (χ4n) is 1.24. The molecule has 0 spiro atoms. The van der Waals surface area contributed by atoms with Crippen LogP contribution in [0.1, 0.15) is 37.6 Å². The first kappa shape index (κ1) is 11.1. The molecule has 1 rings (SSSR count). The van der Waals surface area contributed by atoms with Gasteiger partial charge in [-0.2, -0.15) is 0 Å². The predicted octanol–water partition coefficient (Wildman–Crippen LogP) is 2.06. The second kappa shape index (κ2) is 6.49. The minimum absolute atomic E-state index is 0.833. The van der Waals surface area contributed by atoms with Crippen LogP contribution in [0.15, 0.2) is 12.4 Å². The minimum Gasteiger partial charge on any atom is -0.313 e. The summed E-state index contributed by atoms with van der Waals surface area (Å²) >= 11 is 0. The second-order valence-electron chi connectivity index (χ2n) is 3.52. The van der Waals surface area contributed by atoms with Crippen LogP contribution in [-0.4, -0.2) is 16.5 Å². The van der Waals surface area contributed by atoms with Gasteiger partial charge in [0.1, 0.15) is 5.82 Å². The number of aromatic nitrogens is 2. The molecule has 0 radical (unpaired) electrons. The maximum atomic E-state index is 4.14. The molecule has 0 aliphatic carbocycles. The van der Waals surface area contributed by atoms with Gasteiger partial charge in [0, 0.05) is 24.5 Å². The lowest BCUT2D eigenvalue weighted by molar-refractivity contribution is 0.614. The highest BCUT2D eigenvalue weighted by molar-refractivity contribution is 5.03. The van der Waals surface area contributed by atoms with Crippen molar-refractivity contribution in [3.05, 3.63) is 23.8 Å². The molecule has 1 aromatic rings. The summed E-state index contributed by atoms with van der Waals surface area (Å²) in [4.78, 5) is 8.29. The summed E-state index contributed by atoms with van der Waals surface area (Å²) in [5.74, 6) is 0.833. The van der Waals surface area contributed by atoms with Crippen molar-refractivity contribution in [3.63, 3.8) is 0 Å². The molecule has 1 heterocycles. The number of rotatable bonds is 6. The number of aryl methyl sites for hydroxylation is 1. The molecule has 0 saturated heterocycles. The van der Waals surface area contributed by atoms with Crippen LogP contribution >= 0.6 is 0 Å². The van der Waals surface area contributed by atoms with Crippen LogP contribution < -0.4 is 5.32 Å².